The van der Waals surface area contributed by atoms with Gasteiger partial charge in [0.2, 0.25) is 0 Å². The highest BCUT2D eigenvalue weighted by Crippen LogP contribution is 2.74. The van der Waals surface area contributed by atoms with E-state index < -0.39 is 6.10 Å². The predicted molar refractivity (Wildman–Crippen MR) is 108 cm³/mol. The highest BCUT2D eigenvalue weighted by molar-refractivity contribution is 5.66. The first-order chi connectivity index (χ1) is 12.9. The Kier molecular flexibility index (Phi) is 4.57. The molecule has 0 aromatic carbocycles. The third kappa shape index (κ3) is 2.46. The van der Waals surface area contributed by atoms with Crippen LogP contribution in [0, 0.1) is 39.4 Å². The molecule has 4 aliphatic carbocycles. The number of hydrogen-bond donors (Lipinski definition) is 2. The molecule has 0 bridgehead atoms. The average Bonchev–Trinajstić information content (AvgIpc) is 2.90. The van der Waals surface area contributed by atoms with Gasteiger partial charge >= 0.3 is 5.97 Å². The predicted octanol–water partition coefficient (Wildman–Crippen LogP) is 4.32. The SMILES string of the molecule is CC(=O)O[C@H]1CC[C@]2(C)[C@H]3C[C@@H](O)[C@@H]4[C@@H](O)CC[C@@]4(C)[C@]3(C)CC[C@H]2C1(C)C. The maximum atomic E-state index is 11.7. The summed E-state index contributed by atoms with van der Waals surface area (Å²) in [5.41, 5.74) is 0.219. The molecule has 0 aromatic rings. The third-order valence-corrected chi connectivity index (χ3v) is 10.6. The first-order valence-electron chi connectivity index (χ1n) is 11.4. The van der Waals surface area contributed by atoms with Gasteiger partial charge in [-0.05, 0) is 73.0 Å². The molecule has 0 saturated heterocycles. The van der Waals surface area contributed by atoms with Crippen molar-refractivity contribution in [2.75, 3.05) is 0 Å². The maximum Gasteiger partial charge on any atom is 0.302 e. The molecule has 4 heteroatoms. The van der Waals surface area contributed by atoms with Gasteiger partial charge in [-0.1, -0.05) is 34.6 Å². The molecule has 2 N–H and O–H groups in total. The van der Waals surface area contributed by atoms with Gasteiger partial charge in [0, 0.05) is 18.3 Å². The van der Waals surface area contributed by atoms with Crippen LogP contribution in [0.1, 0.15) is 86.5 Å². The first-order valence-corrected chi connectivity index (χ1v) is 11.4. The van der Waals surface area contributed by atoms with E-state index in [1.165, 1.54) is 6.92 Å². The molecule has 4 nitrogen and oxygen atoms in total. The molecular weight excluding hydrogens is 352 g/mol. The van der Waals surface area contributed by atoms with E-state index in [0.717, 1.165) is 44.9 Å². The topological polar surface area (TPSA) is 66.8 Å². The van der Waals surface area contributed by atoms with E-state index in [1.807, 2.05) is 0 Å². The van der Waals surface area contributed by atoms with Crippen LogP contribution in [0.2, 0.25) is 0 Å². The monoisotopic (exact) mass is 392 g/mol. The van der Waals surface area contributed by atoms with E-state index in [4.69, 9.17) is 4.74 Å². The number of aliphatic hydroxyl groups is 2. The fraction of sp³-hybridized carbons (Fsp3) is 0.958. The quantitative estimate of drug-likeness (QED) is 0.652. The average molecular weight is 393 g/mol. The summed E-state index contributed by atoms with van der Waals surface area (Å²) in [6, 6.07) is 0. The zero-order valence-corrected chi connectivity index (χ0v) is 18.6. The van der Waals surface area contributed by atoms with Gasteiger partial charge in [-0.15, -0.1) is 0 Å². The molecule has 4 saturated carbocycles. The Morgan fingerprint density at radius 2 is 1.50 bits per heavy atom. The fourth-order valence-corrected chi connectivity index (χ4v) is 9.11. The van der Waals surface area contributed by atoms with Gasteiger partial charge in [0.05, 0.1) is 12.2 Å². The maximum absolute atomic E-state index is 11.7. The van der Waals surface area contributed by atoms with Crippen LogP contribution in [0.3, 0.4) is 0 Å². The van der Waals surface area contributed by atoms with Crippen molar-refractivity contribution in [2.24, 2.45) is 39.4 Å². The second-order valence-electron chi connectivity index (χ2n) is 11.9. The van der Waals surface area contributed by atoms with E-state index in [2.05, 4.69) is 34.6 Å². The minimum atomic E-state index is -0.412. The van der Waals surface area contributed by atoms with Crippen molar-refractivity contribution in [3.05, 3.63) is 0 Å². The van der Waals surface area contributed by atoms with Crippen LogP contribution in [0.25, 0.3) is 0 Å². The minimum absolute atomic E-state index is 0.000391. The lowest BCUT2D eigenvalue weighted by Gasteiger charge is -2.70. The fourth-order valence-electron chi connectivity index (χ4n) is 9.11. The Bertz CT molecular complexity index is 659. The van der Waals surface area contributed by atoms with E-state index in [0.29, 0.717) is 11.8 Å². The molecular formula is C24H40O4. The summed E-state index contributed by atoms with van der Waals surface area (Å²) in [6.45, 7) is 13.4. The number of aliphatic hydroxyl groups excluding tert-OH is 2. The molecule has 0 heterocycles. The summed E-state index contributed by atoms with van der Waals surface area (Å²) in [6.07, 6.45) is 6.09. The van der Waals surface area contributed by atoms with Gasteiger partial charge in [-0.25, -0.2) is 0 Å². The Morgan fingerprint density at radius 1 is 0.857 bits per heavy atom. The summed E-state index contributed by atoms with van der Waals surface area (Å²) in [7, 11) is 0. The Balaban J connectivity index is 1.72. The number of esters is 1. The molecule has 28 heavy (non-hydrogen) atoms. The van der Waals surface area contributed by atoms with Crippen molar-refractivity contribution in [3.63, 3.8) is 0 Å². The number of ether oxygens (including phenoxy) is 1. The lowest BCUT2D eigenvalue weighted by molar-refractivity contribution is -0.246. The molecule has 0 aromatic heterocycles. The van der Waals surface area contributed by atoms with E-state index in [9.17, 15) is 15.0 Å². The molecule has 0 unspecified atom stereocenters. The van der Waals surface area contributed by atoms with Crippen molar-refractivity contribution < 1.29 is 19.7 Å². The van der Waals surface area contributed by atoms with Crippen molar-refractivity contribution in [1.82, 2.24) is 0 Å². The van der Waals surface area contributed by atoms with Crippen molar-refractivity contribution in [2.45, 2.75) is 105 Å². The van der Waals surface area contributed by atoms with Gasteiger partial charge < -0.3 is 14.9 Å². The molecule has 4 fully saturated rings. The summed E-state index contributed by atoms with van der Waals surface area (Å²) in [5, 5.41) is 21.8. The zero-order valence-electron chi connectivity index (χ0n) is 18.6. The summed E-state index contributed by atoms with van der Waals surface area (Å²) in [5.74, 6) is 0.762. The van der Waals surface area contributed by atoms with Gasteiger partial charge in [-0.3, -0.25) is 4.79 Å². The van der Waals surface area contributed by atoms with Crippen LogP contribution < -0.4 is 0 Å². The molecule has 9 atom stereocenters. The highest BCUT2D eigenvalue weighted by atomic mass is 16.5. The third-order valence-electron chi connectivity index (χ3n) is 10.6. The molecule has 160 valence electrons. The second-order valence-corrected chi connectivity index (χ2v) is 11.9. The molecule has 0 spiro atoms. The van der Waals surface area contributed by atoms with E-state index in [-0.39, 0.29) is 45.8 Å². The number of fused-ring (bicyclic) bond motifs is 5. The number of rotatable bonds is 1. The van der Waals surface area contributed by atoms with Gasteiger partial charge in [0.15, 0.2) is 0 Å². The second kappa shape index (κ2) is 6.20. The summed E-state index contributed by atoms with van der Waals surface area (Å²) in [4.78, 5) is 11.7. The molecule has 4 aliphatic rings. The first kappa shape index (κ1) is 20.7. The van der Waals surface area contributed by atoms with Crippen LogP contribution in [0.4, 0.5) is 0 Å². The standard InChI is InChI=1S/C24H40O4/c1-14(25)28-19-9-10-22(4)17(21(19,2)3)8-12-23(5)18(22)13-16(27)20-15(26)7-11-24(20,23)6/h15-20,26-27H,7-13H2,1-6H3/t15-,16+,17-,18+,19-,20-,22-,23+,24+/m0/s1. The Hall–Kier alpha value is -0.610. The minimum Gasteiger partial charge on any atom is -0.462 e. The normalized spacial score (nSPS) is 55.0. The van der Waals surface area contributed by atoms with Gasteiger partial charge in [0.1, 0.15) is 6.10 Å². The van der Waals surface area contributed by atoms with Gasteiger partial charge in [0.25, 0.3) is 0 Å². The van der Waals surface area contributed by atoms with Crippen LogP contribution in [-0.4, -0.2) is 34.5 Å². The van der Waals surface area contributed by atoms with Crippen LogP contribution in [0.15, 0.2) is 0 Å². The molecule has 0 aliphatic heterocycles. The highest BCUT2D eigenvalue weighted by Gasteiger charge is 2.70. The van der Waals surface area contributed by atoms with Crippen molar-refractivity contribution >= 4 is 5.97 Å². The van der Waals surface area contributed by atoms with Crippen molar-refractivity contribution in [3.8, 4) is 0 Å². The van der Waals surface area contributed by atoms with E-state index in [1.54, 1.807) is 0 Å². The lowest BCUT2D eigenvalue weighted by atomic mass is 9.35. The molecule has 0 radical (unpaired) electrons. The largest absolute Gasteiger partial charge is 0.462 e. The number of hydrogen-bond acceptors (Lipinski definition) is 4. The number of carbonyl (C=O) groups excluding carboxylic acids is 1. The van der Waals surface area contributed by atoms with E-state index >= 15 is 0 Å². The van der Waals surface area contributed by atoms with Crippen LogP contribution in [-0.2, 0) is 9.53 Å². The summed E-state index contributed by atoms with van der Waals surface area (Å²) < 4.78 is 5.76. The van der Waals surface area contributed by atoms with Crippen LogP contribution >= 0.6 is 0 Å². The zero-order chi connectivity index (χ0) is 20.7. The molecule has 4 rings (SSSR count). The Labute approximate surface area is 170 Å². The van der Waals surface area contributed by atoms with Gasteiger partial charge in [-0.2, -0.15) is 0 Å². The number of carbonyl (C=O) groups is 1. The lowest BCUT2D eigenvalue weighted by Crippen LogP contribution is -2.66. The van der Waals surface area contributed by atoms with Crippen molar-refractivity contribution in [1.29, 1.82) is 0 Å². The molecule has 0 amide bonds. The smallest absolute Gasteiger partial charge is 0.302 e. The summed E-state index contributed by atoms with van der Waals surface area (Å²) >= 11 is 0. The van der Waals surface area contributed by atoms with Crippen LogP contribution in [0.5, 0.6) is 0 Å². The Morgan fingerprint density at radius 3 is 2.14 bits per heavy atom.